The van der Waals surface area contributed by atoms with Gasteiger partial charge in [-0.05, 0) is 38.5 Å². The Kier molecular flexibility index (Phi) is 7.58. The van der Waals surface area contributed by atoms with E-state index in [2.05, 4.69) is 18.1 Å². The average molecular weight is 668 g/mol. The summed E-state index contributed by atoms with van der Waals surface area (Å²) in [4.78, 5) is 30.8. The van der Waals surface area contributed by atoms with E-state index in [1.54, 1.807) is 18.2 Å². The van der Waals surface area contributed by atoms with Gasteiger partial charge in [0.1, 0.15) is 34.2 Å². The third kappa shape index (κ3) is 4.91. The Morgan fingerprint density at radius 1 is 0.918 bits per heavy atom. The number of nitrogens with one attached hydrogen (secondary N) is 1. The molecule has 10 nitrogen and oxygen atoms in total. The number of hydrogen-bond acceptors (Lipinski definition) is 9. The lowest BCUT2D eigenvalue weighted by Gasteiger charge is -2.41. The number of fused-ring (bicyclic) bond motifs is 4. The van der Waals surface area contributed by atoms with Crippen molar-refractivity contribution < 1.29 is 33.9 Å². The molecular weight excluding hydrogens is 626 g/mol. The van der Waals surface area contributed by atoms with Crippen molar-refractivity contribution in [1.82, 2.24) is 4.98 Å². The molecule has 1 aliphatic heterocycles. The SMILES string of the molecule is C=CC(C)(C)c1cc2c(O)c3c(c(C(C)(C)C=C)c2oc1=O)OC(C)(C)C[C@H]3c1c(OC)cc(O)c2c(=O)c3ccc(O)c(OC)c3[nH]c12. The number of H-pyrrole nitrogens is 1. The molecule has 5 aromatic rings. The molecule has 0 saturated heterocycles. The summed E-state index contributed by atoms with van der Waals surface area (Å²) in [6.45, 7) is 19.2. The van der Waals surface area contributed by atoms with Gasteiger partial charge in [0.2, 0.25) is 5.43 Å². The minimum absolute atomic E-state index is 0.00479. The first kappa shape index (κ1) is 33.5. The van der Waals surface area contributed by atoms with Crippen LogP contribution in [-0.2, 0) is 10.8 Å². The molecule has 0 aliphatic carbocycles. The van der Waals surface area contributed by atoms with Gasteiger partial charge in [0.15, 0.2) is 11.5 Å². The molecule has 0 spiro atoms. The fraction of sp³-hybridized carbons (Fsp3) is 0.333. The molecule has 256 valence electrons. The highest BCUT2D eigenvalue weighted by atomic mass is 16.5. The molecule has 4 N–H and O–H groups in total. The normalized spacial score (nSPS) is 16.0. The zero-order valence-corrected chi connectivity index (χ0v) is 29.0. The number of phenolic OH excluding ortho intramolecular Hbond substituents is 3. The van der Waals surface area contributed by atoms with Crippen molar-refractivity contribution in [2.45, 2.75) is 70.3 Å². The molecule has 49 heavy (non-hydrogen) atoms. The van der Waals surface area contributed by atoms with Gasteiger partial charge >= 0.3 is 5.63 Å². The summed E-state index contributed by atoms with van der Waals surface area (Å²) in [7, 11) is 2.83. The standard InChI is InChI=1S/C39H41NO9/c1-11-37(3,4)21-15-19-32(44)26-20(17-39(7,8)49-35(26)28(38(5,6)12-2)33(19)48-36(21)45)25-24(46-9)16-23(42)27-30(25)40-29-18(31(27)43)13-14-22(41)34(29)47-10/h11-16,20,41-42,44H,1-2,17H2,3-10H3,(H,40,43)/t20-/m0/s1. The summed E-state index contributed by atoms with van der Waals surface area (Å²) < 4.78 is 24.1. The Balaban J connectivity index is 1.86. The van der Waals surface area contributed by atoms with Gasteiger partial charge in [-0.25, -0.2) is 4.79 Å². The number of pyridine rings is 1. The molecule has 0 fully saturated rings. The van der Waals surface area contributed by atoms with Crippen LogP contribution in [-0.4, -0.2) is 40.1 Å². The highest BCUT2D eigenvalue weighted by molar-refractivity contribution is 6.01. The summed E-state index contributed by atoms with van der Waals surface area (Å²) in [5.41, 5.74) is -1.29. The first-order valence-corrected chi connectivity index (χ1v) is 15.9. The number of benzene rings is 3. The Morgan fingerprint density at radius 3 is 2.20 bits per heavy atom. The number of aromatic amines is 1. The van der Waals surface area contributed by atoms with Crippen molar-refractivity contribution in [1.29, 1.82) is 0 Å². The third-order valence-corrected chi connectivity index (χ3v) is 9.88. The van der Waals surface area contributed by atoms with Crippen LogP contribution in [0.4, 0.5) is 0 Å². The van der Waals surface area contributed by atoms with Crippen molar-refractivity contribution in [2.75, 3.05) is 14.2 Å². The summed E-state index contributed by atoms with van der Waals surface area (Å²) in [6.07, 6.45) is 3.66. The third-order valence-electron chi connectivity index (χ3n) is 9.88. The maximum atomic E-state index is 14.1. The molecule has 0 radical (unpaired) electrons. The monoisotopic (exact) mass is 667 g/mol. The van der Waals surface area contributed by atoms with Crippen molar-refractivity contribution in [3.63, 3.8) is 0 Å². The molecular formula is C39H41NO9. The fourth-order valence-corrected chi connectivity index (χ4v) is 7.04. The zero-order valence-electron chi connectivity index (χ0n) is 29.0. The van der Waals surface area contributed by atoms with E-state index in [1.165, 1.54) is 32.4 Å². The van der Waals surface area contributed by atoms with E-state index < -0.39 is 33.4 Å². The Labute approximate surface area is 282 Å². The van der Waals surface area contributed by atoms with Gasteiger partial charge in [-0.3, -0.25) is 4.79 Å². The van der Waals surface area contributed by atoms with Crippen LogP contribution in [0.3, 0.4) is 0 Å². The average Bonchev–Trinajstić information content (AvgIpc) is 3.03. The lowest BCUT2D eigenvalue weighted by atomic mass is 9.73. The van der Waals surface area contributed by atoms with Gasteiger partial charge < -0.3 is 38.9 Å². The van der Waals surface area contributed by atoms with Crippen LogP contribution < -0.4 is 25.3 Å². The number of methoxy groups -OCH3 is 2. The summed E-state index contributed by atoms with van der Waals surface area (Å²) in [5, 5.41) is 34.7. The van der Waals surface area contributed by atoms with E-state index in [0.717, 1.165) is 0 Å². The minimum Gasteiger partial charge on any atom is -0.507 e. The topological polar surface area (TPSA) is 151 Å². The largest absolute Gasteiger partial charge is 0.507 e. The molecule has 1 aliphatic rings. The van der Waals surface area contributed by atoms with Gasteiger partial charge in [0, 0.05) is 45.1 Å². The Morgan fingerprint density at radius 2 is 1.59 bits per heavy atom. The maximum Gasteiger partial charge on any atom is 0.340 e. The number of aromatic nitrogens is 1. The molecule has 3 heterocycles. The summed E-state index contributed by atoms with van der Waals surface area (Å²) in [6, 6.07) is 5.83. The number of rotatable bonds is 7. The zero-order chi connectivity index (χ0) is 36.0. The molecule has 2 aromatic heterocycles. The molecule has 6 rings (SSSR count). The van der Waals surface area contributed by atoms with Gasteiger partial charge in [0.05, 0.1) is 41.4 Å². The van der Waals surface area contributed by atoms with Crippen LogP contribution in [0.15, 0.2) is 63.6 Å². The second-order valence-electron chi connectivity index (χ2n) is 14.4. The van der Waals surface area contributed by atoms with Crippen molar-refractivity contribution in [2.24, 2.45) is 0 Å². The minimum atomic E-state index is -0.864. The molecule has 3 aromatic carbocycles. The van der Waals surface area contributed by atoms with E-state index in [4.69, 9.17) is 18.6 Å². The van der Waals surface area contributed by atoms with E-state index in [0.29, 0.717) is 34.4 Å². The van der Waals surface area contributed by atoms with Crippen molar-refractivity contribution in [3.05, 3.63) is 92.5 Å². The summed E-state index contributed by atoms with van der Waals surface area (Å²) >= 11 is 0. The Hall–Kier alpha value is -5.38. The highest BCUT2D eigenvalue weighted by Crippen LogP contribution is 2.57. The maximum absolute atomic E-state index is 14.1. The van der Waals surface area contributed by atoms with Gasteiger partial charge in [0.25, 0.3) is 0 Å². The van der Waals surface area contributed by atoms with Gasteiger partial charge in [-0.15, -0.1) is 13.2 Å². The van der Waals surface area contributed by atoms with Gasteiger partial charge in [-0.2, -0.15) is 0 Å². The van der Waals surface area contributed by atoms with Crippen molar-refractivity contribution >= 4 is 32.8 Å². The van der Waals surface area contributed by atoms with E-state index in [9.17, 15) is 24.9 Å². The van der Waals surface area contributed by atoms with Crippen LogP contribution in [0.5, 0.6) is 34.5 Å². The van der Waals surface area contributed by atoms with Crippen LogP contribution in [0.1, 0.15) is 76.1 Å². The number of allylic oxidation sites excluding steroid dienone is 2. The van der Waals surface area contributed by atoms with Crippen LogP contribution in [0.2, 0.25) is 0 Å². The van der Waals surface area contributed by atoms with Gasteiger partial charge in [-0.1, -0.05) is 39.8 Å². The second-order valence-corrected chi connectivity index (χ2v) is 14.4. The van der Waals surface area contributed by atoms with Crippen LogP contribution >= 0.6 is 0 Å². The Bertz CT molecular complexity index is 2360. The number of phenols is 3. The smallest absolute Gasteiger partial charge is 0.340 e. The predicted octanol–water partition coefficient (Wildman–Crippen LogP) is 7.54. The predicted molar refractivity (Wildman–Crippen MR) is 190 cm³/mol. The first-order chi connectivity index (χ1) is 22.9. The number of aromatic hydroxyl groups is 3. The lowest BCUT2D eigenvalue weighted by Crippen LogP contribution is -2.37. The highest BCUT2D eigenvalue weighted by Gasteiger charge is 2.44. The van der Waals surface area contributed by atoms with E-state index in [-0.39, 0.29) is 61.5 Å². The second kappa shape index (κ2) is 11.1. The molecule has 0 unspecified atom stereocenters. The summed E-state index contributed by atoms with van der Waals surface area (Å²) in [5.74, 6) is -0.793. The van der Waals surface area contributed by atoms with Crippen molar-refractivity contribution in [3.8, 4) is 34.5 Å². The molecule has 0 amide bonds. The number of hydrogen-bond donors (Lipinski definition) is 4. The van der Waals surface area contributed by atoms with Crippen LogP contribution in [0.25, 0.3) is 32.8 Å². The molecule has 1 atom stereocenters. The first-order valence-electron chi connectivity index (χ1n) is 15.9. The quantitative estimate of drug-likeness (QED) is 0.0784. The lowest BCUT2D eigenvalue weighted by molar-refractivity contribution is 0.0741. The van der Waals surface area contributed by atoms with Crippen LogP contribution in [0, 0.1) is 0 Å². The fourth-order valence-electron chi connectivity index (χ4n) is 7.04. The molecule has 0 saturated carbocycles. The van der Waals surface area contributed by atoms with E-state index in [1.807, 2.05) is 41.5 Å². The molecule has 0 bridgehead atoms. The molecule has 10 heteroatoms. The number of ether oxygens (including phenoxy) is 3. The van der Waals surface area contributed by atoms with E-state index >= 15 is 0 Å².